The second-order valence-electron chi connectivity index (χ2n) is 8.44. The Labute approximate surface area is 165 Å². The van der Waals surface area contributed by atoms with E-state index in [0.717, 1.165) is 24.0 Å². The quantitative estimate of drug-likeness (QED) is 0.596. The zero-order valence-electron chi connectivity index (χ0n) is 16.3. The molecule has 0 aromatic heterocycles. The monoisotopic (exact) mass is 387 g/mol. The molecule has 0 spiro atoms. The normalized spacial score (nSPS) is 27.6. The number of benzene rings is 2. The second kappa shape index (κ2) is 7.90. The Morgan fingerprint density at radius 3 is 2.29 bits per heavy atom. The van der Waals surface area contributed by atoms with Crippen LogP contribution in [0.4, 0.5) is 13.2 Å². The molecular weight excluding hydrogens is 359 g/mol. The molecule has 1 N–H and O–H groups in total. The van der Waals surface area contributed by atoms with E-state index in [1.807, 2.05) is 12.1 Å². The van der Waals surface area contributed by atoms with Gasteiger partial charge in [-0.3, -0.25) is 0 Å². The first kappa shape index (κ1) is 19.5. The van der Waals surface area contributed by atoms with Crippen LogP contribution in [-0.4, -0.2) is 12.1 Å². The third kappa shape index (κ3) is 4.43. The van der Waals surface area contributed by atoms with Crippen LogP contribution in [0.25, 0.3) is 11.1 Å². The topological polar surface area (TPSA) is 12.0 Å². The number of hydrogen-bond donors (Lipinski definition) is 1. The summed E-state index contributed by atoms with van der Waals surface area (Å²) in [6, 6.07) is 14.8. The van der Waals surface area contributed by atoms with E-state index in [1.165, 1.54) is 49.8 Å². The number of alkyl halides is 3. The van der Waals surface area contributed by atoms with Crippen molar-refractivity contribution >= 4 is 0 Å². The van der Waals surface area contributed by atoms with Gasteiger partial charge in [-0.05, 0) is 66.8 Å². The highest BCUT2D eigenvalue weighted by Gasteiger charge is 2.39. The molecule has 0 unspecified atom stereocenters. The van der Waals surface area contributed by atoms with Crippen LogP contribution in [-0.2, 0) is 6.18 Å². The summed E-state index contributed by atoms with van der Waals surface area (Å²) in [4.78, 5) is 0. The fraction of sp³-hybridized carbons (Fsp3) is 0.500. The van der Waals surface area contributed by atoms with Crippen LogP contribution in [0.2, 0.25) is 0 Å². The molecule has 0 saturated heterocycles. The zero-order valence-corrected chi connectivity index (χ0v) is 16.3. The molecule has 2 fully saturated rings. The summed E-state index contributed by atoms with van der Waals surface area (Å²) >= 11 is 0. The van der Waals surface area contributed by atoms with E-state index in [9.17, 15) is 13.2 Å². The van der Waals surface area contributed by atoms with Crippen molar-refractivity contribution in [1.82, 2.24) is 5.32 Å². The van der Waals surface area contributed by atoms with E-state index in [1.54, 1.807) is 6.07 Å². The Morgan fingerprint density at radius 1 is 0.929 bits per heavy atom. The Balaban J connectivity index is 1.36. The van der Waals surface area contributed by atoms with Gasteiger partial charge in [-0.2, -0.15) is 13.2 Å². The highest BCUT2D eigenvalue weighted by molar-refractivity contribution is 5.65. The fourth-order valence-corrected chi connectivity index (χ4v) is 4.59. The molecule has 4 heteroatoms. The third-order valence-corrected chi connectivity index (χ3v) is 6.53. The molecule has 0 amide bonds. The van der Waals surface area contributed by atoms with Gasteiger partial charge in [-0.1, -0.05) is 49.7 Å². The lowest BCUT2D eigenvalue weighted by atomic mass is 9.84. The molecule has 2 aromatic carbocycles. The average molecular weight is 387 g/mol. The van der Waals surface area contributed by atoms with Gasteiger partial charge in [-0.15, -0.1) is 0 Å². The minimum Gasteiger partial charge on any atom is -0.311 e. The molecule has 2 saturated carbocycles. The molecule has 4 rings (SSSR count). The molecule has 2 aliphatic rings. The minimum absolute atomic E-state index is 0.541. The summed E-state index contributed by atoms with van der Waals surface area (Å²) in [6.45, 7) is 2.29. The van der Waals surface area contributed by atoms with Crippen molar-refractivity contribution < 1.29 is 13.2 Å². The molecule has 150 valence electrons. The number of hydrogen-bond acceptors (Lipinski definition) is 1. The summed E-state index contributed by atoms with van der Waals surface area (Å²) in [7, 11) is 0. The molecule has 0 radical (unpaired) electrons. The van der Waals surface area contributed by atoms with E-state index in [0.29, 0.717) is 23.6 Å². The standard InChI is InChI=1S/C24H28F3N/c1-2-16-6-12-21(13-7-16)28-23-15-22(23)18-10-8-17(9-11-18)19-4-3-5-20(14-19)24(25,26)27/h3-5,8-11,14,16,21-23,28H,2,6-7,12-13,15H2,1H3/t16?,21?,22-,23+/m1/s1. The van der Waals surface area contributed by atoms with Gasteiger partial charge in [0.25, 0.3) is 0 Å². The first-order valence-corrected chi connectivity index (χ1v) is 10.5. The number of halogens is 3. The van der Waals surface area contributed by atoms with Gasteiger partial charge in [-0.25, -0.2) is 0 Å². The highest BCUT2D eigenvalue weighted by atomic mass is 19.4. The fourth-order valence-electron chi connectivity index (χ4n) is 4.59. The van der Waals surface area contributed by atoms with Gasteiger partial charge >= 0.3 is 6.18 Å². The smallest absolute Gasteiger partial charge is 0.311 e. The van der Waals surface area contributed by atoms with Crippen molar-refractivity contribution in [3.63, 3.8) is 0 Å². The second-order valence-corrected chi connectivity index (χ2v) is 8.44. The Morgan fingerprint density at radius 2 is 1.64 bits per heavy atom. The van der Waals surface area contributed by atoms with Crippen LogP contribution in [0, 0.1) is 5.92 Å². The molecule has 0 aliphatic heterocycles. The molecular formula is C24H28F3N. The average Bonchev–Trinajstić information content (AvgIpc) is 3.47. The predicted octanol–water partition coefficient (Wildman–Crippen LogP) is 6.79. The van der Waals surface area contributed by atoms with Crippen molar-refractivity contribution in [2.24, 2.45) is 5.92 Å². The largest absolute Gasteiger partial charge is 0.416 e. The lowest BCUT2D eigenvalue weighted by Gasteiger charge is -2.28. The van der Waals surface area contributed by atoms with Crippen LogP contribution in [0.1, 0.15) is 62.5 Å². The predicted molar refractivity (Wildman–Crippen MR) is 107 cm³/mol. The number of rotatable bonds is 5. The van der Waals surface area contributed by atoms with Gasteiger partial charge in [0, 0.05) is 18.0 Å². The van der Waals surface area contributed by atoms with E-state index < -0.39 is 11.7 Å². The van der Waals surface area contributed by atoms with E-state index in [-0.39, 0.29) is 0 Å². The molecule has 28 heavy (non-hydrogen) atoms. The van der Waals surface area contributed by atoms with Crippen molar-refractivity contribution in [2.75, 3.05) is 0 Å². The summed E-state index contributed by atoms with van der Waals surface area (Å²) < 4.78 is 38.8. The minimum atomic E-state index is -4.31. The summed E-state index contributed by atoms with van der Waals surface area (Å²) in [5, 5.41) is 3.83. The zero-order chi connectivity index (χ0) is 19.7. The van der Waals surface area contributed by atoms with Gasteiger partial charge < -0.3 is 5.32 Å². The van der Waals surface area contributed by atoms with Crippen molar-refractivity contribution in [1.29, 1.82) is 0 Å². The SMILES string of the molecule is CCC1CCC(N[C@H]2C[C@@H]2c2ccc(-c3cccc(C(F)(F)F)c3)cc2)CC1. The highest BCUT2D eigenvalue weighted by Crippen LogP contribution is 2.42. The van der Waals surface area contributed by atoms with Crippen molar-refractivity contribution in [2.45, 2.75) is 69.6 Å². The summed E-state index contributed by atoms with van der Waals surface area (Å²) in [5.41, 5.74) is 2.13. The van der Waals surface area contributed by atoms with E-state index >= 15 is 0 Å². The van der Waals surface area contributed by atoms with Crippen LogP contribution in [0.15, 0.2) is 48.5 Å². The van der Waals surface area contributed by atoms with Crippen molar-refractivity contribution in [3.8, 4) is 11.1 Å². The van der Waals surface area contributed by atoms with Crippen LogP contribution >= 0.6 is 0 Å². The summed E-state index contributed by atoms with van der Waals surface area (Å²) in [6.07, 6.45) is 3.42. The van der Waals surface area contributed by atoms with Gasteiger partial charge in [0.1, 0.15) is 0 Å². The van der Waals surface area contributed by atoms with Gasteiger partial charge in [0.15, 0.2) is 0 Å². The molecule has 0 heterocycles. The van der Waals surface area contributed by atoms with Crippen LogP contribution < -0.4 is 5.32 Å². The molecule has 2 aliphatic carbocycles. The molecule has 1 nitrogen and oxygen atoms in total. The van der Waals surface area contributed by atoms with Crippen molar-refractivity contribution in [3.05, 3.63) is 59.7 Å². The lowest BCUT2D eigenvalue weighted by Crippen LogP contribution is -2.35. The Bertz CT molecular complexity index is 788. The first-order valence-electron chi connectivity index (χ1n) is 10.5. The molecule has 2 aromatic rings. The van der Waals surface area contributed by atoms with E-state index in [4.69, 9.17) is 0 Å². The first-order chi connectivity index (χ1) is 13.4. The maximum Gasteiger partial charge on any atom is 0.416 e. The van der Waals surface area contributed by atoms with Crippen LogP contribution in [0.5, 0.6) is 0 Å². The maximum absolute atomic E-state index is 12.9. The van der Waals surface area contributed by atoms with Gasteiger partial charge in [0.05, 0.1) is 5.56 Å². The van der Waals surface area contributed by atoms with Gasteiger partial charge in [0.2, 0.25) is 0 Å². The Hall–Kier alpha value is -1.81. The van der Waals surface area contributed by atoms with E-state index in [2.05, 4.69) is 24.4 Å². The Kier molecular flexibility index (Phi) is 5.50. The molecule has 0 bridgehead atoms. The lowest BCUT2D eigenvalue weighted by molar-refractivity contribution is -0.137. The maximum atomic E-state index is 12.9. The molecule has 2 atom stereocenters. The summed E-state index contributed by atoms with van der Waals surface area (Å²) in [5.74, 6) is 1.45. The van der Waals surface area contributed by atoms with Crippen LogP contribution in [0.3, 0.4) is 0 Å². The number of nitrogens with one attached hydrogen (secondary N) is 1. The third-order valence-electron chi connectivity index (χ3n) is 6.53.